The first-order valence-electron chi connectivity index (χ1n) is 8.28. The molecule has 1 saturated heterocycles. The van der Waals surface area contributed by atoms with Crippen molar-refractivity contribution in [3.8, 4) is 17.2 Å². The summed E-state index contributed by atoms with van der Waals surface area (Å²) in [5.74, 6) is 1.07. The van der Waals surface area contributed by atoms with Crippen molar-refractivity contribution in [2.24, 2.45) is 0 Å². The third-order valence-corrected chi connectivity index (χ3v) is 4.54. The van der Waals surface area contributed by atoms with Crippen LogP contribution in [0.3, 0.4) is 0 Å². The van der Waals surface area contributed by atoms with E-state index in [9.17, 15) is 9.59 Å². The van der Waals surface area contributed by atoms with Gasteiger partial charge in [0.15, 0.2) is 5.76 Å². The van der Waals surface area contributed by atoms with Crippen LogP contribution in [0.4, 0.5) is 0 Å². The van der Waals surface area contributed by atoms with Crippen LogP contribution in [0, 0.1) is 0 Å². The smallest absolute Gasteiger partial charge is 0.290 e. The summed E-state index contributed by atoms with van der Waals surface area (Å²) in [7, 11) is 4.55. The van der Waals surface area contributed by atoms with Crippen LogP contribution in [0.2, 0.25) is 0 Å². The van der Waals surface area contributed by atoms with Gasteiger partial charge in [0.2, 0.25) is 11.2 Å². The maximum absolute atomic E-state index is 12.9. The van der Waals surface area contributed by atoms with Gasteiger partial charge >= 0.3 is 0 Å². The molecule has 1 amide bonds. The first-order valence-corrected chi connectivity index (χ1v) is 8.28. The number of nitrogens with zero attached hydrogens (tertiary/aromatic N) is 1. The largest absolute Gasteiger partial charge is 0.497 e. The molecule has 0 bridgehead atoms. The number of benzene rings is 1. The van der Waals surface area contributed by atoms with E-state index in [1.807, 2.05) is 12.1 Å². The zero-order valence-electron chi connectivity index (χ0n) is 15.0. The van der Waals surface area contributed by atoms with Gasteiger partial charge in [0.1, 0.15) is 17.8 Å². The van der Waals surface area contributed by atoms with Crippen molar-refractivity contribution in [3.63, 3.8) is 0 Å². The molecule has 26 heavy (non-hydrogen) atoms. The molecule has 3 rings (SSSR count). The van der Waals surface area contributed by atoms with Crippen LogP contribution >= 0.6 is 0 Å². The SMILES string of the molecule is COc1ccc(C2CCCN2C(=O)c2cc(=O)c(OC)co2)c(OC)c1. The monoisotopic (exact) mass is 359 g/mol. The summed E-state index contributed by atoms with van der Waals surface area (Å²) in [4.78, 5) is 26.5. The molecular formula is C19H21NO6. The van der Waals surface area contributed by atoms with Gasteiger partial charge in [-0.05, 0) is 25.0 Å². The minimum Gasteiger partial charge on any atom is -0.497 e. The number of hydrogen-bond donors (Lipinski definition) is 0. The maximum Gasteiger partial charge on any atom is 0.290 e. The van der Waals surface area contributed by atoms with Gasteiger partial charge in [-0.2, -0.15) is 0 Å². The van der Waals surface area contributed by atoms with Crippen LogP contribution in [-0.2, 0) is 0 Å². The predicted molar refractivity (Wildman–Crippen MR) is 94.1 cm³/mol. The van der Waals surface area contributed by atoms with Gasteiger partial charge in [0, 0.05) is 24.2 Å². The van der Waals surface area contributed by atoms with Gasteiger partial charge in [-0.3, -0.25) is 9.59 Å². The molecule has 1 aromatic carbocycles. The van der Waals surface area contributed by atoms with E-state index in [1.54, 1.807) is 25.2 Å². The summed E-state index contributed by atoms with van der Waals surface area (Å²) in [6.45, 7) is 0.578. The number of likely N-dealkylation sites (tertiary alicyclic amines) is 1. The first kappa shape index (κ1) is 17.8. The topological polar surface area (TPSA) is 78.2 Å². The van der Waals surface area contributed by atoms with Gasteiger partial charge in [0.25, 0.3) is 5.91 Å². The van der Waals surface area contributed by atoms with E-state index < -0.39 is 0 Å². The van der Waals surface area contributed by atoms with Crippen molar-refractivity contribution in [2.45, 2.75) is 18.9 Å². The van der Waals surface area contributed by atoms with Crippen LogP contribution in [0.25, 0.3) is 0 Å². The number of rotatable bonds is 5. The fourth-order valence-corrected chi connectivity index (χ4v) is 3.23. The Kier molecular flexibility index (Phi) is 5.16. The predicted octanol–water partition coefficient (Wildman–Crippen LogP) is 2.64. The van der Waals surface area contributed by atoms with E-state index >= 15 is 0 Å². The Morgan fingerprint density at radius 2 is 1.88 bits per heavy atom. The van der Waals surface area contributed by atoms with Crippen molar-refractivity contribution >= 4 is 5.91 Å². The molecule has 2 aromatic rings. The summed E-state index contributed by atoms with van der Waals surface area (Å²) in [6, 6.07) is 6.55. The number of amides is 1. The third-order valence-electron chi connectivity index (χ3n) is 4.54. The summed E-state index contributed by atoms with van der Waals surface area (Å²) in [5.41, 5.74) is 0.509. The molecule has 1 aromatic heterocycles. The van der Waals surface area contributed by atoms with Crippen LogP contribution < -0.4 is 19.6 Å². The fourth-order valence-electron chi connectivity index (χ4n) is 3.23. The van der Waals surface area contributed by atoms with Gasteiger partial charge in [-0.1, -0.05) is 0 Å². The minimum atomic E-state index is -0.389. The van der Waals surface area contributed by atoms with Crippen LogP contribution in [-0.4, -0.2) is 38.7 Å². The molecule has 138 valence electrons. The van der Waals surface area contributed by atoms with Crippen LogP contribution in [0.1, 0.15) is 35.0 Å². The highest BCUT2D eigenvalue weighted by Crippen LogP contribution is 2.39. The van der Waals surface area contributed by atoms with Crippen molar-refractivity contribution < 1.29 is 23.4 Å². The quantitative estimate of drug-likeness (QED) is 0.817. The Hall–Kier alpha value is -2.96. The Balaban J connectivity index is 1.92. The lowest BCUT2D eigenvalue weighted by atomic mass is 10.0. The fraction of sp³-hybridized carbons (Fsp3) is 0.368. The van der Waals surface area contributed by atoms with Gasteiger partial charge < -0.3 is 23.5 Å². The lowest BCUT2D eigenvalue weighted by molar-refractivity contribution is 0.0698. The van der Waals surface area contributed by atoms with E-state index in [0.717, 1.165) is 24.7 Å². The highest BCUT2D eigenvalue weighted by atomic mass is 16.5. The Morgan fingerprint density at radius 1 is 1.12 bits per heavy atom. The second-order valence-electron chi connectivity index (χ2n) is 5.94. The Labute approximate surface area is 151 Å². The van der Waals surface area contributed by atoms with E-state index in [-0.39, 0.29) is 28.9 Å². The van der Waals surface area contributed by atoms with Crippen molar-refractivity contribution in [3.05, 3.63) is 52.1 Å². The molecule has 1 aliphatic heterocycles. The highest BCUT2D eigenvalue weighted by molar-refractivity contribution is 5.92. The molecule has 1 aliphatic rings. The molecule has 0 spiro atoms. The minimum absolute atomic E-state index is 0.00446. The second kappa shape index (κ2) is 7.51. The molecule has 7 nitrogen and oxygen atoms in total. The molecule has 7 heteroatoms. The molecule has 0 saturated carbocycles. The molecule has 2 heterocycles. The highest BCUT2D eigenvalue weighted by Gasteiger charge is 2.33. The third kappa shape index (κ3) is 3.24. The average molecular weight is 359 g/mol. The van der Waals surface area contributed by atoms with Gasteiger partial charge in [-0.15, -0.1) is 0 Å². The number of carbonyl (C=O) groups is 1. The van der Waals surface area contributed by atoms with E-state index in [4.69, 9.17) is 18.6 Å². The maximum atomic E-state index is 12.9. The number of carbonyl (C=O) groups excluding carboxylic acids is 1. The molecule has 0 aliphatic carbocycles. The molecule has 1 fully saturated rings. The zero-order chi connectivity index (χ0) is 18.7. The summed E-state index contributed by atoms with van der Waals surface area (Å²) in [6.07, 6.45) is 2.81. The van der Waals surface area contributed by atoms with E-state index in [2.05, 4.69) is 0 Å². The number of methoxy groups -OCH3 is 3. The van der Waals surface area contributed by atoms with Crippen molar-refractivity contribution in [1.29, 1.82) is 0 Å². The number of ether oxygens (including phenoxy) is 3. The summed E-state index contributed by atoms with van der Waals surface area (Å²) >= 11 is 0. The molecule has 1 atom stereocenters. The van der Waals surface area contributed by atoms with Crippen molar-refractivity contribution in [2.75, 3.05) is 27.9 Å². The lowest BCUT2D eigenvalue weighted by Crippen LogP contribution is -2.31. The summed E-state index contributed by atoms with van der Waals surface area (Å²) < 4.78 is 20.9. The molecule has 1 unspecified atom stereocenters. The molecular weight excluding hydrogens is 338 g/mol. The first-order chi connectivity index (χ1) is 12.6. The standard InChI is InChI=1S/C19H21NO6/c1-23-12-6-7-13(16(9-12)24-2)14-5-4-8-20(14)19(22)17-10-15(21)18(25-3)11-26-17/h6-7,9-11,14H,4-5,8H2,1-3H3. The van der Waals surface area contributed by atoms with E-state index in [0.29, 0.717) is 18.0 Å². The lowest BCUT2D eigenvalue weighted by Gasteiger charge is -2.26. The molecule has 0 N–H and O–H groups in total. The Bertz CT molecular complexity index is 859. The van der Waals surface area contributed by atoms with Crippen LogP contribution in [0.15, 0.2) is 39.7 Å². The molecule has 0 radical (unpaired) electrons. The van der Waals surface area contributed by atoms with Gasteiger partial charge in [0.05, 0.1) is 27.4 Å². The van der Waals surface area contributed by atoms with Crippen LogP contribution in [0.5, 0.6) is 17.2 Å². The summed E-state index contributed by atoms with van der Waals surface area (Å²) in [5, 5.41) is 0. The average Bonchev–Trinajstić information content (AvgIpc) is 3.16. The zero-order valence-corrected chi connectivity index (χ0v) is 15.0. The van der Waals surface area contributed by atoms with Gasteiger partial charge in [-0.25, -0.2) is 0 Å². The second-order valence-corrected chi connectivity index (χ2v) is 5.94. The Morgan fingerprint density at radius 3 is 2.54 bits per heavy atom. The normalized spacial score (nSPS) is 16.4. The van der Waals surface area contributed by atoms with E-state index in [1.165, 1.54) is 13.2 Å². The number of hydrogen-bond acceptors (Lipinski definition) is 6. The van der Waals surface area contributed by atoms with Crippen molar-refractivity contribution in [1.82, 2.24) is 4.90 Å².